The van der Waals surface area contributed by atoms with Gasteiger partial charge in [-0.3, -0.25) is 9.36 Å². The van der Waals surface area contributed by atoms with Crippen LogP contribution in [0.15, 0.2) is 38.0 Å². The first-order valence-electron chi connectivity index (χ1n) is 7.38. The van der Waals surface area contributed by atoms with Crippen molar-refractivity contribution in [1.29, 1.82) is 0 Å². The summed E-state index contributed by atoms with van der Waals surface area (Å²) in [5.74, 6) is 0.727. The number of nitrogens with zero attached hydrogens (tertiary/aromatic N) is 3. The lowest BCUT2D eigenvalue weighted by molar-refractivity contribution is 0.634. The summed E-state index contributed by atoms with van der Waals surface area (Å²) in [5, 5.41) is 4.62. The van der Waals surface area contributed by atoms with Gasteiger partial charge in [0, 0.05) is 22.2 Å². The number of rotatable bonds is 5. The highest BCUT2D eigenvalue weighted by molar-refractivity contribution is 9.10. The Morgan fingerprint density at radius 1 is 1.30 bits per heavy atom. The number of benzene rings is 1. The highest BCUT2D eigenvalue weighted by Gasteiger charge is 2.12. The zero-order valence-corrected chi connectivity index (χ0v) is 16.1. The molecule has 3 aromatic rings. The first-order chi connectivity index (χ1) is 11.1. The second-order valence-electron chi connectivity index (χ2n) is 4.98. The van der Waals surface area contributed by atoms with Gasteiger partial charge in [-0.05, 0) is 31.5 Å². The van der Waals surface area contributed by atoms with Crippen LogP contribution in [-0.2, 0) is 18.7 Å². The number of halogens is 1. The molecule has 0 spiro atoms. The average molecular weight is 410 g/mol. The van der Waals surface area contributed by atoms with E-state index in [0.717, 1.165) is 38.0 Å². The molecule has 2 heterocycles. The number of fused-ring (bicyclic) bond motifs is 1. The van der Waals surface area contributed by atoms with Gasteiger partial charge in [0.1, 0.15) is 0 Å². The number of hydrogen-bond acceptors (Lipinski definition) is 5. The van der Waals surface area contributed by atoms with Crippen LogP contribution in [0.2, 0.25) is 0 Å². The molecule has 0 aliphatic carbocycles. The monoisotopic (exact) mass is 409 g/mol. The van der Waals surface area contributed by atoms with E-state index in [9.17, 15) is 4.79 Å². The Kier molecular flexibility index (Phi) is 5.18. The Hall–Kier alpha value is -1.18. The van der Waals surface area contributed by atoms with E-state index >= 15 is 0 Å². The maximum absolute atomic E-state index is 12.7. The minimum atomic E-state index is 0.00817. The third-order valence-corrected chi connectivity index (χ3v) is 5.99. The minimum Gasteiger partial charge on any atom is -0.287 e. The fraction of sp³-hybridized carbons (Fsp3) is 0.312. The molecule has 3 rings (SSSR count). The molecule has 2 aromatic heterocycles. The van der Waals surface area contributed by atoms with Gasteiger partial charge in [-0.1, -0.05) is 34.6 Å². The maximum Gasteiger partial charge on any atom is 0.262 e. The van der Waals surface area contributed by atoms with Crippen molar-refractivity contribution in [3.8, 4) is 0 Å². The molecule has 0 atom stereocenters. The Balaban J connectivity index is 1.96. The van der Waals surface area contributed by atoms with Crippen LogP contribution in [0.4, 0.5) is 0 Å². The zero-order chi connectivity index (χ0) is 16.4. The fourth-order valence-electron chi connectivity index (χ4n) is 2.28. The lowest BCUT2D eigenvalue weighted by atomic mass is 10.2. The molecule has 7 heteroatoms. The van der Waals surface area contributed by atoms with Gasteiger partial charge in [0.05, 0.1) is 21.6 Å². The van der Waals surface area contributed by atoms with E-state index in [1.54, 1.807) is 27.7 Å². The Morgan fingerprint density at radius 2 is 2.13 bits per heavy atom. The van der Waals surface area contributed by atoms with Gasteiger partial charge in [-0.2, -0.15) is 0 Å². The number of thiazole rings is 1. The number of thioether (sulfide) groups is 1. The molecule has 0 aliphatic heterocycles. The van der Waals surface area contributed by atoms with Crippen LogP contribution in [-0.4, -0.2) is 14.5 Å². The topological polar surface area (TPSA) is 47.8 Å². The molecular weight excluding hydrogens is 394 g/mol. The highest BCUT2D eigenvalue weighted by Crippen LogP contribution is 2.24. The van der Waals surface area contributed by atoms with E-state index in [1.807, 2.05) is 25.1 Å². The number of aromatic nitrogens is 3. The second-order valence-corrected chi connectivity index (χ2v) is 7.78. The quantitative estimate of drug-likeness (QED) is 0.459. The summed E-state index contributed by atoms with van der Waals surface area (Å²) in [6.07, 6.45) is 0.956. The smallest absolute Gasteiger partial charge is 0.262 e. The normalized spacial score (nSPS) is 11.3. The van der Waals surface area contributed by atoms with Crippen LogP contribution < -0.4 is 5.56 Å². The van der Waals surface area contributed by atoms with Crippen molar-refractivity contribution < 1.29 is 0 Å². The molecule has 1 aromatic carbocycles. The summed E-state index contributed by atoms with van der Waals surface area (Å²) in [4.78, 5) is 21.9. The van der Waals surface area contributed by atoms with Crippen molar-refractivity contribution in [2.45, 2.75) is 37.7 Å². The van der Waals surface area contributed by atoms with Crippen LogP contribution in [0.1, 0.15) is 24.5 Å². The predicted molar refractivity (Wildman–Crippen MR) is 100 cm³/mol. The van der Waals surface area contributed by atoms with Gasteiger partial charge >= 0.3 is 0 Å². The highest BCUT2D eigenvalue weighted by atomic mass is 79.9. The van der Waals surface area contributed by atoms with Crippen LogP contribution in [0.3, 0.4) is 0 Å². The fourth-order valence-corrected chi connectivity index (χ4v) is 4.44. The van der Waals surface area contributed by atoms with E-state index in [0.29, 0.717) is 11.9 Å². The van der Waals surface area contributed by atoms with Crippen LogP contribution in [0, 0.1) is 0 Å². The average Bonchev–Trinajstić information content (AvgIpc) is 3.02. The molecule has 0 bridgehead atoms. The van der Waals surface area contributed by atoms with E-state index in [2.05, 4.69) is 38.2 Å². The third kappa shape index (κ3) is 3.51. The standard InChI is InChI=1S/C16H16BrN3OS2/c1-3-14-18-11(8-22-14)9-23-16-19-13-6-5-10(17)7-12(13)15(21)20(16)4-2/h5-8H,3-4,9H2,1-2H3. The van der Waals surface area contributed by atoms with Gasteiger partial charge < -0.3 is 0 Å². The van der Waals surface area contributed by atoms with Crippen molar-refractivity contribution in [2.75, 3.05) is 0 Å². The lowest BCUT2D eigenvalue weighted by Gasteiger charge is -2.10. The molecule has 120 valence electrons. The lowest BCUT2D eigenvalue weighted by Crippen LogP contribution is -2.22. The van der Waals surface area contributed by atoms with Crippen LogP contribution >= 0.6 is 39.0 Å². The van der Waals surface area contributed by atoms with Gasteiger partial charge in [0.15, 0.2) is 5.16 Å². The molecule has 23 heavy (non-hydrogen) atoms. The Bertz CT molecular complexity index is 904. The molecule has 0 saturated carbocycles. The van der Waals surface area contributed by atoms with E-state index in [-0.39, 0.29) is 5.56 Å². The molecule has 0 fully saturated rings. The van der Waals surface area contributed by atoms with E-state index in [1.165, 1.54) is 0 Å². The first kappa shape index (κ1) is 16.7. The van der Waals surface area contributed by atoms with Crippen molar-refractivity contribution in [2.24, 2.45) is 0 Å². The first-order valence-corrected chi connectivity index (χ1v) is 10.0. The second kappa shape index (κ2) is 7.15. The van der Waals surface area contributed by atoms with Crippen molar-refractivity contribution >= 4 is 49.9 Å². The van der Waals surface area contributed by atoms with E-state index < -0.39 is 0 Å². The molecule has 0 amide bonds. The Morgan fingerprint density at radius 3 is 2.83 bits per heavy atom. The third-order valence-electron chi connectivity index (χ3n) is 3.45. The molecule has 0 N–H and O–H groups in total. The summed E-state index contributed by atoms with van der Waals surface area (Å²) in [5.41, 5.74) is 1.79. The van der Waals surface area contributed by atoms with Crippen LogP contribution in [0.25, 0.3) is 10.9 Å². The summed E-state index contributed by atoms with van der Waals surface area (Å²) in [7, 11) is 0. The van der Waals surface area contributed by atoms with Gasteiger partial charge in [0.25, 0.3) is 5.56 Å². The van der Waals surface area contributed by atoms with Gasteiger partial charge in [-0.25, -0.2) is 9.97 Å². The summed E-state index contributed by atoms with van der Waals surface area (Å²) in [6.45, 7) is 4.68. The minimum absolute atomic E-state index is 0.00817. The number of aryl methyl sites for hydroxylation is 1. The maximum atomic E-state index is 12.7. The Labute approximate surface area is 151 Å². The van der Waals surface area contributed by atoms with Crippen molar-refractivity contribution in [3.05, 3.63) is 49.1 Å². The SMILES string of the molecule is CCc1nc(CSc2nc3ccc(Br)cc3c(=O)n2CC)cs1. The van der Waals surface area contributed by atoms with Crippen molar-refractivity contribution in [1.82, 2.24) is 14.5 Å². The van der Waals surface area contributed by atoms with Gasteiger partial charge in [0.2, 0.25) is 0 Å². The zero-order valence-electron chi connectivity index (χ0n) is 12.9. The largest absolute Gasteiger partial charge is 0.287 e. The molecule has 0 unspecified atom stereocenters. The van der Waals surface area contributed by atoms with Gasteiger partial charge in [-0.15, -0.1) is 11.3 Å². The van der Waals surface area contributed by atoms with E-state index in [4.69, 9.17) is 0 Å². The molecule has 4 nitrogen and oxygen atoms in total. The molecular formula is C16H16BrN3OS2. The summed E-state index contributed by atoms with van der Waals surface area (Å²) in [6, 6.07) is 5.62. The summed E-state index contributed by atoms with van der Waals surface area (Å²) < 4.78 is 2.62. The van der Waals surface area contributed by atoms with Crippen LogP contribution in [0.5, 0.6) is 0 Å². The number of hydrogen-bond donors (Lipinski definition) is 0. The summed E-state index contributed by atoms with van der Waals surface area (Å²) >= 11 is 6.66. The molecule has 0 saturated heterocycles. The van der Waals surface area contributed by atoms with Crippen molar-refractivity contribution in [3.63, 3.8) is 0 Å². The molecule has 0 aliphatic rings. The predicted octanol–water partition coefficient (Wildman–Crippen LogP) is 4.49. The molecule has 0 radical (unpaired) electrons.